The highest BCUT2D eigenvalue weighted by Crippen LogP contribution is 2.37. The molecule has 1 atom stereocenters. The number of nitrogens with zero attached hydrogens (tertiary/aromatic N) is 2. The third-order valence-corrected chi connectivity index (χ3v) is 4.69. The molecule has 5 nitrogen and oxygen atoms in total. The van der Waals surface area contributed by atoms with E-state index in [2.05, 4.69) is 20.7 Å². The fourth-order valence-corrected chi connectivity index (χ4v) is 3.69. The molecule has 2 N–H and O–H groups in total. The summed E-state index contributed by atoms with van der Waals surface area (Å²) < 4.78 is 0. The van der Waals surface area contributed by atoms with E-state index in [0.717, 1.165) is 27.8 Å². The van der Waals surface area contributed by atoms with Crippen LogP contribution in [0.2, 0.25) is 0 Å². The van der Waals surface area contributed by atoms with E-state index in [-0.39, 0.29) is 0 Å². The number of carboxylic acids is 1. The summed E-state index contributed by atoms with van der Waals surface area (Å²) in [6, 6.07) is 9.35. The van der Waals surface area contributed by atoms with Gasteiger partial charge in [-0.25, -0.2) is 14.8 Å². The predicted octanol–water partition coefficient (Wildman–Crippen LogP) is 4.33. The average Bonchev–Trinajstić information content (AvgIpc) is 2.99. The SMILES string of the molecule is CCCC(Nc1nc(C)nc2scc(-c3ccccc3)c12)C(=O)O. The van der Waals surface area contributed by atoms with E-state index in [0.29, 0.717) is 18.1 Å². The van der Waals surface area contributed by atoms with E-state index in [1.807, 2.05) is 44.2 Å². The van der Waals surface area contributed by atoms with Crippen molar-refractivity contribution in [2.24, 2.45) is 0 Å². The summed E-state index contributed by atoms with van der Waals surface area (Å²) in [7, 11) is 0. The molecule has 0 aliphatic carbocycles. The first-order valence-electron chi connectivity index (χ1n) is 7.90. The molecule has 0 fully saturated rings. The molecule has 0 bridgehead atoms. The fraction of sp³-hybridized carbons (Fsp3) is 0.278. The van der Waals surface area contributed by atoms with Gasteiger partial charge in [-0.3, -0.25) is 0 Å². The maximum absolute atomic E-state index is 11.5. The van der Waals surface area contributed by atoms with Crippen molar-refractivity contribution in [3.63, 3.8) is 0 Å². The molecule has 0 saturated carbocycles. The molecule has 0 aliphatic heterocycles. The molecule has 1 aromatic carbocycles. The van der Waals surface area contributed by atoms with Gasteiger partial charge in [-0.2, -0.15) is 0 Å². The zero-order valence-corrected chi connectivity index (χ0v) is 14.4. The Balaban J connectivity index is 2.12. The number of aliphatic carboxylic acids is 1. The molecular formula is C18H19N3O2S. The molecule has 24 heavy (non-hydrogen) atoms. The van der Waals surface area contributed by atoms with Crippen molar-refractivity contribution in [2.75, 3.05) is 5.32 Å². The summed E-state index contributed by atoms with van der Waals surface area (Å²) in [5.41, 5.74) is 2.10. The van der Waals surface area contributed by atoms with E-state index in [4.69, 9.17) is 0 Å². The maximum atomic E-state index is 11.5. The summed E-state index contributed by atoms with van der Waals surface area (Å²) in [6.07, 6.45) is 1.33. The van der Waals surface area contributed by atoms with E-state index < -0.39 is 12.0 Å². The number of hydrogen-bond donors (Lipinski definition) is 2. The van der Waals surface area contributed by atoms with Crippen LogP contribution in [-0.2, 0) is 4.79 Å². The number of anilines is 1. The Morgan fingerprint density at radius 2 is 2.04 bits per heavy atom. The highest BCUT2D eigenvalue weighted by atomic mass is 32.1. The Morgan fingerprint density at radius 3 is 2.71 bits per heavy atom. The standard InChI is InChI=1S/C18H19N3O2S/c1-3-7-14(18(22)23)21-16-15-13(12-8-5-4-6-9-12)10-24-17(15)20-11(2)19-16/h4-6,8-10,14H,3,7H2,1-2H3,(H,22,23)(H,19,20,21). The van der Waals surface area contributed by atoms with E-state index in [1.54, 1.807) is 11.3 Å². The van der Waals surface area contributed by atoms with Crippen LogP contribution in [0, 0.1) is 6.92 Å². The second-order valence-corrected chi connectivity index (χ2v) is 6.50. The van der Waals surface area contributed by atoms with Crippen LogP contribution < -0.4 is 5.32 Å². The van der Waals surface area contributed by atoms with Gasteiger partial charge >= 0.3 is 5.97 Å². The number of aryl methyl sites for hydroxylation is 1. The first-order valence-corrected chi connectivity index (χ1v) is 8.78. The highest BCUT2D eigenvalue weighted by molar-refractivity contribution is 7.17. The topological polar surface area (TPSA) is 75.1 Å². The minimum absolute atomic E-state index is 0.546. The summed E-state index contributed by atoms with van der Waals surface area (Å²) in [5, 5.41) is 15.5. The molecule has 0 amide bonds. The van der Waals surface area contributed by atoms with Gasteiger partial charge in [-0.15, -0.1) is 11.3 Å². The van der Waals surface area contributed by atoms with Gasteiger partial charge in [-0.1, -0.05) is 43.7 Å². The van der Waals surface area contributed by atoms with Crippen LogP contribution in [0.15, 0.2) is 35.7 Å². The number of fused-ring (bicyclic) bond motifs is 1. The summed E-state index contributed by atoms with van der Waals surface area (Å²) in [5.74, 6) is 0.364. The normalized spacial score (nSPS) is 12.2. The van der Waals surface area contributed by atoms with Gasteiger partial charge in [0.15, 0.2) is 0 Å². The van der Waals surface area contributed by atoms with Crippen molar-refractivity contribution in [3.8, 4) is 11.1 Å². The second-order valence-electron chi connectivity index (χ2n) is 5.64. The Bertz CT molecular complexity index is 861. The van der Waals surface area contributed by atoms with Gasteiger partial charge in [0.1, 0.15) is 22.5 Å². The number of nitrogens with one attached hydrogen (secondary N) is 1. The average molecular weight is 341 g/mol. The smallest absolute Gasteiger partial charge is 0.326 e. The first-order chi connectivity index (χ1) is 11.6. The number of rotatable bonds is 6. The van der Waals surface area contributed by atoms with Crippen molar-refractivity contribution in [2.45, 2.75) is 32.7 Å². The molecule has 2 heterocycles. The van der Waals surface area contributed by atoms with Crippen LogP contribution in [0.4, 0.5) is 5.82 Å². The van der Waals surface area contributed by atoms with Crippen molar-refractivity contribution in [1.82, 2.24) is 9.97 Å². The lowest BCUT2D eigenvalue weighted by molar-refractivity contribution is -0.138. The van der Waals surface area contributed by atoms with E-state index >= 15 is 0 Å². The van der Waals surface area contributed by atoms with Gasteiger partial charge in [0, 0.05) is 10.9 Å². The lowest BCUT2D eigenvalue weighted by Gasteiger charge is -2.16. The number of carbonyl (C=O) groups is 1. The number of benzene rings is 1. The molecule has 3 rings (SSSR count). The van der Waals surface area contributed by atoms with Crippen LogP contribution >= 0.6 is 11.3 Å². The monoisotopic (exact) mass is 341 g/mol. The summed E-state index contributed by atoms with van der Waals surface area (Å²) in [6.45, 7) is 3.79. The molecule has 0 aliphatic rings. The molecule has 2 aromatic heterocycles. The van der Waals surface area contributed by atoms with Crippen molar-refractivity contribution in [3.05, 3.63) is 41.5 Å². The first kappa shape index (κ1) is 16.4. The van der Waals surface area contributed by atoms with Crippen LogP contribution in [0.25, 0.3) is 21.3 Å². The van der Waals surface area contributed by atoms with Crippen LogP contribution in [0.5, 0.6) is 0 Å². The Kier molecular flexibility index (Phi) is 4.76. The highest BCUT2D eigenvalue weighted by Gasteiger charge is 2.20. The molecule has 1 unspecified atom stereocenters. The lowest BCUT2D eigenvalue weighted by Crippen LogP contribution is -2.29. The quantitative estimate of drug-likeness (QED) is 0.698. The third kappa shape index (κ3) is 3.23. The number of hydrogen-bond acceptors (Lipinski definition) is 5. The minimum atomic E-state index is -0.863. The molecule has 0 radical (unpaired) electrons. The van der Waals surface area contributed by atoms with Crippen molar-refractivity contribution < 1.29 is 9.90 Å². The van der Waals surface area contributed by atoms with Crippen LogP contribution in [-0.4, -0.2) is 27.1 Å². The van der Waals surface area contributed by atoms with Crippen molar-refractivity contribution >= 4 is 33.3 Å². The molecule has 6 heteroatoms. The minimum Gasteiger partial charge on any atom is -0.480 e. The predicted molar refractivity (Wildman–Crippen MR) is 97.5 cm³/mol. The Morgan fingerprint density at radius 1 is 1.29 bits per heavy atom. The Hall–Kier alpha value is -2.47. The Labute approximate surface area is 144 Å². The third-order valence-electron chi connectivity index (χ3n) is 3.82. The molecular weight excluding hydrogens is 322 g/mol. The zero-order valence-electron chi connectivity index (χ0n) is 13.6. The maximum Gasteiger partial charge on any atom is 0.326 e. The van der Waals surface area contributed by atoms with Crippen LogP contribution in [0.3, 0.4) is 0 Å². The molecule has 0 saturated heterocycles. The van der Waals surface area contributed by atoms with Gasteiger partial charge in [0.05, 0.1) is 5.39 Å². The largest absolute Gasteiger partial charge is 0.480 e. The molecule has 3 aromatic rings. The molecule has 124 valence electrons. The number of aromatic nitrogens is 2. The fourth-order valence-electron chi connectivity index (χ4n) is 2.69. The van der Waals surface area contributed by atoms with Crippen LogP contribution in [0.1, 0.15) is 25.6 Å². The summed E-state index contributed by atoms with van der Waals surface area (Å²) in [4.78, 5) is 21.4. The van der Waals surface area contributed by atoms with Gasteiger partial charge in [-0.05, 0) is 18.9 Å². The number of thiophene rings is 1. The summed E-state index contributed by atoms with van der Waals surface area (Å²) >= 11 is 1.55. The second kappa shape index (κ2) is 6.97. The van der Waals surface area contributed by atoms with E-state index in [1.165, 1.54) is 0 Å². The zero-order chi connectivity index (χ0) is 17.1. The van der Waals surface area contributed by atoms with Gasteiger partial charge < -0.3 is 10.4 Å². The van der Waals surface area contributed by atoms with Crippen molar-refractivity contribution in [1.29, 1.82) is 0 Å². The van der Waals surface area contributed by atoms with E-state index in [9.17, 15) is 9.90 Å². The number of carboxylic acid groups (broad SMARTS) is 1. The lowest BCUT2D eigenvalue weighted by atomic mass is 10.1. The van der Waals surface area contributed by atoms with Gasteiger partial charge in [0.25, 0.3) is 0 Å². The molecule has 0 spiro atoms. The van der Waals surface area contributed by atoms with Gasteiger partial charge in [0.2, 0.25) is 0 Å².